The van der Waals surface area contributed by atoms with Gasteiger partial charge in [0.15, 0.2) is 0 Å². The summed E-state index contributed by atoms with van der Waals surface area (Å²) in [5, 5.41) is 7.26. The standard InChI is InChI=1S/C17H19N5O2/c1-24-10-9-18-13-6-4-12(5-7-13)11-20-16-14-3-2-8-19-15(14)21-17(23)22-16/h2-8,18H,9-11H2,1H3,(H2,19,20,21,22,23). The Labute approximate surface area is 139 Å². The molecule has 0 radical (unpaired) electrons. The van der Waals surface area contributed by atoms with E-state index in [2.05, 4.69) is 25.6 Å². The normalized spacial score (nSPS) is 10.7. The van der Waals surface area contributed by atoms with Crippen molar-refractivity contribution in [3.8, 4) is 0 Å². The fourth-order valence-corrected chi connectivity index (χ4v) is 2.35. The van der Waals surface area contributed by atoms with E-state index in [1.54, 1.807) is 13.3 Å². The first-order valence-electron chi connectivity index (χ1n) is 7.67. The Hall–Kier alpha value is -2.93. The lowest BCUT2D eigenvalue weighted by molar-refractivity contribution is 0.211. The average Bonchev–Trinajstić information content (AvgIpc) is 2.61. The maximum Gasteiger partial charge on any atom is 0.348 e. The van der Waals surface area contributed by atoms with E-state index in [0.29, 0.717) is 24.6 Å². The average molecular weight is 325 g/mol. The van der Waals surface area contributed by atoms with Crippen LogP contribution in [0.3, 0.4) is 0 Å². The number of anilines is 2. The van der Waals surface area contributed by atoms with Crippen molar-refractivity contribution in [2.24, 2.45) is 0 Å². The van der Waals surface area contributed by atoms with Gasteiger partial charge in [-0.3, -0.25) is 4.98 Å². The van der Waals surface area contributed by atoms with Crippen LogP contribution >= 0.6 is 0 Å². The Bertz CT molecular complexity index is 861. The minimum Gasteiger partial charge on any atom is -0.383 e. The van der Waals surface area contributed by atoms with Gasteiger partial charge in [-0.15, -0.1) is 0 Å². The van der Waals surface area contributed by atoms with Crippen LogP contribution in [0.25, 0.3) is 11.0 Å². The predicted molar refractivity (Wildman–Crippen MR) is 94.3 cm³/mol. The second-order valence-electron chi connectivity index (χ2n) is 5.26. The third-order valence-corrected chi connectivity index (χ3v) is 3.55. The van der Waals surface area contributed by atoms with E-state index < -0.39 is 5.69 Å². The van der Waals surface area contributed by atoms with Crippen molar-refractivity contribution in [3.05, 3.63) is 58.6 Å². The summed E-state index contributed by atoms with van der Waals surface area (Å²) in [6.07, 6.45) is 1.64. The molecule has 3 aromatic rings. The van der Waals surface area contributed by atoms with Crippen LogP contribution < -0.4 is 16.3 Å². The van der Waals surface area contributed by atoms with Crippen molar-refractivity contribution in [1.29, 1.82) is 0 Å². The Morgan fingerprint density at radius 1 is 1.17 bits per heavy atom. The second-order valence-corrected chi connectivity index (χ2v) is 5.26. The Morgan fingerprint density at radius 3 is 2.79 bits per heavy atom. The highest BCUT2D eigenvalue weighted by atomic mass is 16.5. The van der Waals surface area contributed by atoms with Gasteiger partial charge in [-0.25, -0.2) is 9.78 Å². The molecule has 0 amide bonds. The van der Waals surface area contributed by atoms with E-state index in [-0.39, 0.29) is 0 Å². The number of nitrogens with zero attached hydrogens (tertiary/aromatic N) is 2. The van der Waals surface area contributed by atoms with Crippen LogP contribution in [0.5, 0.6) is 0 Å². The summed E-state index contributed by atoms with van der Waals surface area (Å²) in [6.45, 7) is 2.00. The number of nitrogens with one attached hydrogen (secondary N) is 3. The number of pyridine rings is 1. The molecule has 0 atom stereocenters. The zero-order valence-electron chi connectivity index (χ0n) is 13.4. The smallest absolute Gasteiger partial charge is 0.348 e. The highest BCUT2D eigenvalue weighted by Crippen LogP contribution is 2.17. The Kier molecular flexibility index (Phi) is 5.02. The zero-order chi connectivity index (χ0) is 16.8. The van der Waals surface area contributed by atoms with Gasteiger partial charge < -0.3 is 15.4 Å². The van der Waals surface area contributed by atoms with Gasteiger partial charge in [0.2, 0.25) is 0 Å². The molecule has 0 spiro atoms. The molecule has 2 aromatic heterocycles. The van der Waals surface area contributed by atoms with Crippen molar-refractivity contribution < 1.29 is 4.74 Å². The third-order valence-electron chi connectivity index (χ3n) is 3.55. The van der Waals surface area contributed by atoms with Gasteiger partial charge in [-0.05, 0) is 29.8 Å². The molecule has 124 valence electrons. The van der Waals surface area contributed by atoms with Gasteiger partial charge >= 0.3 is 5.69 Å². The molecule has 2 heterocycles. The Morgan fingerprint density at radius 2 is 2.00 bits per heavy atom. The van der Waals surface area contributed by atoms with E-state index in [0.717, 1.165) is 23.2 Å². The quantitative estimate of drug-likeness (QED) is 0.575. The lowest BCUT2D eigenvalue weighted by Gasteiger charge is -2.09. The van der Waals surface area contributed by atoms with Crippen molar-refractivity contribution >= 4 is 22.5 Å². The number of benzene rings is 1. The van der Waals surface area contributed by atoms with Gasteiger partial charge in [0, 0.05) is 32.1 Å². The third kappa shape index (κ3) is 3.88. The van der Waals surface area contributed by atoms with Crippen LogP contribution in [0.2, 0.25) is 0 Å². The van der Waals surface area contributed by atoms with Gasteiger partial charge in [0.25, 0.3) is 0 Å². The molecule has 7 heteroatoms. The summed E-state index contributed by atoms with van der Waals surface area (Å²) >= 11 is 0. The minimum absolute atomic E-state index is 0.415. The van der Waals surface area contributed by atoms with Gasteiger partial charge in [-0.2, -0.15) is 4.98 Å². The minimum atomic E-state index is -0.415. The second kappa shape index (κ2) is 7.56. The number of H-pyrrole nitrogens is 1. The Balaban J connectivity index is 1.69. The van der Waals surface area contributed by atoms with Crippen LogP contribution in [-0.4, -0.2) is 35.2 Å². The fraction of sp³-hybridized carbons (Fsp3) is 0.235. The lowest BCUT2D eigenvalue weighted by atomic mass is 10.2. The zero-order valence-corrected chi connectivity index (χ0v) is 13.4. The van der Waals surface area contributed by atoms with E-state index in [4.69, 9.17) is 4.74 Å². The summed E-state index contributed by atoms with van der Waals surface area (Å²) in [4.78, 5) is 22.4. The molecule has 0 aliphatic carbocycles. The van der Waals surface area contributed by atoms with Crippen molar-refractivity contribution in [2.75, 3.05) is 30.9 Å². The molecule has 24 heavy (non-hydrogen) atoms. The van der Waals surface area contributed by atoms with Crippen LogP contribution in [0.1, 0.15) is 5.56 Å². The highest BCUT2D eigenvalue weighted by Gasteiger charge is 2.05. The molecule has 3 rings (SSSR count). The van der Waals surface area contributed by atoms with Crippen LogP contribution in [0.15, 0.2) is 47.4 Å². The molecule has 0 saturated heterocycles. The van der Waals surface area contributed by atoms with E-state index in [1.165, 1.54) is 0 Å². The summed E-state index contributed by atoms with van der Waals surface area (Å²) < 4.78 is 5.01. The monoisotopic (exact) mass is 325 g/mol. The van der Waals surface area contributed by atoms with Crippen molar-refractivity contribution in [2.45, 2.75) is 6.54 Å². The number of aromatic amines is 1. The van der Waals surface area contributed by atoms with Crippen molar-refractivity contribution in [3.63, 3.8) is 0 Å². The van der Waals surface area contributed by atoms with E-state index in [1.807, 2.05) is 36.4 Å². The maximum atomic E-state index is 11.6. The predicted octanol–water partition coefficient (Wildman–Crippen LogP) is 1.99. The first kappa shape index (κ1) is 15.9. The fourth-order valence-electron chi connectivity index (χ4n) is 2.35. The first-order valence-corrected chi connectivity index (χ1v) is 7.67. The molecular formula is C17H19N5O2. The van der Waals surface area contributed by atoms with Gasteiger partial charge in [0.1, 0.15) is 11.5 Å². The molecule has 7 nitrogen and oxygen atoms in total. The van der Waals surface area contributed by atoms with Crippen LogP contribution in [-0.2, 0) is 11.3 Å². The number of aromatic nitrogens is 3. The summed E-state index contributed by atoms with van der Waals surface area (Å²) in [6, 6.07) is 11.8. The number of ether oxygens (including phenoxy) is 1. The lowest BCUT2D eigenvalue weighted by Crippen LogP contribution is -2.14. The molecule has 0 saturated carbocycles. The highest BCUT2D eigenvalue weighted by molar-refractivity contribution is 5.85. The summed E-state index contributed by atoms with van der Waals surface area (Å²) in [7, 11) is 1.68. The summed E-state index contributed by atoms with van der Waals surface area (Å²) in [5.41, 5.74) is 2.24. The molecule has 3 N–H and O–H groups in total. The van der Waals surface area contributed by atoms with Crippen LogP contribution in [0, 0.1) is 0 Å². The number of methoxy groups -OCH3 is 1. The largest absolute Gasteiger partial charge is 0.383 e. The van der Waals surface area contributed by atoms with Crippen molar-refractivity contribution in [1.82, 2.24) is 15.0 Å². The topological polar surface area (TPSA) is 91.9 Å². The molecule has 1 aromatic carbocycles. The SMILES string of the molecule is COCCNc1ccc(CNc2nc(=O)[nH]c3ncccc23)cc1. The number of rotatable bonds is 7. The molecule has 0 fully saturated rings. The van der Waals surface area contributed by atoms with E-state index >= 15 is 0 Å². The van der Waals surface area contributed by atoms with Crippen LogP contribution in [0.4, 0.5) is 11.5 Å². The maximum absolute atomic E-state index is 11.6. The molecule has 0 unspecified atom stereocenters. The first-order chi connectivity index (χ1) is 11.8. The van der Waals surface area contributed by atoms with E-state index in [9.17, 15) is 4.79 Å². The number of hydrogen-bond donors (Lipinski definition) is 3. The summed E-state index contributed by atoms with van der Waals surface area (Å²) in [5.74, 6) is 0.532. The molecule has 0 aliphatic heterocycles. The number of fused-ring (bicyclic) bond motifs is 1. The molecule has 0 aliphatic rings. The molecule has 0 bridgehead atoms. The number of hydrogen-bond acceptors (Lipinski definition) is 6. The van der Waals surface area contributed by atoms with Gasteiger partial charge in [0.05, 0.1) is 12.0 Å². The van der Waals surface area contributed by atoms with Gasteiger partial charge in [-0.1, -0.05) is 12.1 Å². The molecular weight excluding hydrogens is 306 g/mol.